The fraction of sp³-hybridized carbons (Fsp3) is 0.333. The maximum atomic E-state index is 2.69. The molecular weight excluding hydrogens is 385 g/mol. The Hall–Kier alpha value is -2.74. The monoisotopic (exact) mass is 413 g/mol. The summed E-state index contributed by atoms with van der Waals surface area (Å²) < 4.78 is 2.69. The van der Waals surface area contributed by atoms with Gasteiger partial charge in [0.2, 0.25) is 6.71 Å². The van der Waals surface area contributed by atoms with E-state index in [-0.39, 0.29) is 10.7 Å². The van der Waals surface area contributed by atoms with Crippen molar-refractivity contribution in [2.75, 3.05) is 0 Å². The van der Waals surface area contributed by atoms with Crippen LogP contribution in [-0.2, 0) is 18.3 Å². The van der Waals surface area contributed by atoms with E-state index >= 15 is 0 Å². The molecule has 2 heteroatoms. The molecule has 2 aliphatic heterocycles. The van der Waals surface area contributed by atoms with Crippen LogP contribution in [0.1, 0.15) is 67.5 Å². The summed E-state index contributed by atoms with van der Waals surface area (Å²) in [5.74, 6) is 0.462. The summed E-state index contributed by atoms with van der Waals surface area (Å²) in [6, 6.07) is 23.7. The average Bonchev–Trinajstić information content (AvgIpc) is 3.36. The Morgan fingerprint density at radius 1 is 0.844 bits per heavy atom. The van der Waals surface area contributed by atoms with Gasteiger partial charge in [-0.2, -0.15) is 0 Å². The van der Waals surface area contributed by atoms with Crippen LogP contribution in [0.15, 0.2) is 60.7 Å². The molecule has 32 heavy (non-hydrogen) atoms. The largest absolute Gasteiger partial charge is 0.314 e. The van der Waals surface area contributed by atoms with E-state index in [9.17, 15) is 0 Å². The van der Waals surface area contributed by atoms with Gasteiger partial charge >= 0.3 is 0 Å². The first-order valence-electron chi connectivity index (χ1n) is 12.4. The van der Waals surface area contributed by atoms with Gasteiger partial charge in [-0.25, -0.2) is 0 Å². The Bertz CT molecular complexity index is 1490. The Labute approximate surface area is 190 Å². The number of nitrogens with zero attached hydrogens (tertiary/aromatic N) is 1. The van der Waals surface area contributed by atoms with E-state index in [1.807, 2.05) is 0 Å². The zero-order valence-electron chi connectivity index (χ0n) is 19.2. The van der Waals surface area contributed by atoms with Crippen molar-refractivity contribution in [1.29, 1.82) is 0 Å². The highest BCUT2D eigenvalue weighted by molar-refractivity contribution is 6.92. The molecule has 0 radical (unpaired) electrons. The van der Waals surface area contributed by atoms with E-state index in [2.05, 4.69) is 86.0 Å². The Morgan fingerprint density at radius 3 is 2.53 bits per heavy atom. The standard InChI is InChI=1S/C30H28BN/c1-29(2)22-14-6-4-11-20(22)26-21-13-9-17-25-27(21)31(30(26,29)3)23-15-8-12-19-18-10-5-7-16-24(18)32(25)28(19)23/h4,6,8-9,11-15,17,26H,5,7,10,16H2,1-3H3. The molecule has 0 saturated heterocycles. The van der Waals surface area contributed by atoms with E-state index in [1.54, 1.807) is 38.9 Å². The van der Waals surface area contributed by atoms with Gasteiger partial charge in [0.05, 0.1) is 0 Å². The van der Waals surface area contributed by atoms with Gasteiger partial charge in [0, 0.05) is 28.2 Å². The van der Waals surface area contributed by atoms with Crippen molar-refractivity contribution in [3.63, 3.8) is 0 Å². The lowest BCUT2D eigenvalue weighted by Gasteiger charge is -2.44. The van der Waals surface area contributed by atoms with Crippen molar-refractivity contribution in [3.8, 4) is 5.69 Å². The summed E-state index contributed by atoms with van der Waals surface area (Å²) in [6.45, 7) is 8.06. The van der Waals surface area contributed by atoms with Crippen molar-refractivity contribution in [1.82, 2.24) is 4.57 Å². The summed E-state index contributed by atoms with van der Waals surface area (Å²) >= 11 is 0. The first-order chi connectivity index (χ1) is 15.5. The summed E-state index contributed by atoms with van der Waals surface area (Å²) in [5, 5.41) is 1.65. The summed E-state index contributed by atoms with van der Waals surface area (Å²) in [5.41, 5.74) is 14.2. The van der Waals surface area contributed by atoms with Crippen molar-refractivity contribution in [2.24, 2.45) is 0 Å². The molecule has 2 aliphatic carbocycles. The van der Waals surface area contributed by atoms with Crippen LogP contribution < -0.4 is 10.9 Å². The van der Waals surface area contributed by atoms with Crippen LogP contribution >= 0.6 is 0 Å². The lowest BCUT2D eigenvalue weighted by Crippen LogP contribution is -2.56. The van der Waals surface area contributed by atoms with Crippen LogP contribution in [0.5, 0.6) is 0 Å². The van der Waals surface area contributed by atoms with Crippen LogP contribution in [0.2, 0.25) is 5.31 Å². The molecule has 3 heterocycles. The van der Waals surface area contributed by atoms with Gasteiger partial charge < -0.3 is 4.57 Å². The van der Waals surface area contributed by atoms with Crippen LogP contribution in [0, 0.1) is 0 Å². The first kappa shape index (κ1) is 17.8. The molecule has 0 fully saturated rings. The maximum Gasteiger partial charge on any atom is 0.222 e. The van der Waals surface area contributed by atoms with Crippen molar-refractivity contribution < 1.29 is 0 Å². The molecule has 1 aromatic heterocycles. The number of aromatic nitrogens is 1. The molecule has 2 atom stereocenters. The van der Waals surface area contributed by atoms with Gasteiger partial charge in [-0.3, -0.25) is 0 Å². The van der Waals surface area contributed by atoms with E-state index < -0.39 is 0 Å². The second kappa shape index (κ2) is 5.42. The maximum absolute atomic E-state index is 2.69. The summed E-state index contributed by atoms with van der Waals surface area (Å²) in [4.78, 5) is 0. The second-order valence-electron chi connectivity index (χ2n) is 11.4. The Kier molecular flexibility index (Phi) is 3.01. The SMILES string of the molecule is CC1(C)c2ccccc2C2c3cccc4c3B(c3cccc5c6c(n-4c35)CCCC6)C21C. The molecular formula is C30H28BN. The zero-order chi connectivity index (χ0) is 21.4. The van der Waals surface area contributed by atoms with E-state index in [1.165, 1.54) is 42.3 Å². The molecule has 0 spiro atoms. The molecule has 4 aliphatic rings. The van der Waals surface area contributed by atoms with Crippen LogP contribution in [-0.4, -0.2) is 11.3 Å². The molecule has 0 N–H and O–H groups in total. The topological polar surface area (TPSA) is 4.93 Å². The normalized spacial score (nSPS) is 25.5. The van der Waals surface area contributed by atoms with Crippen molar-refractivity contribution >= 4 is 28.5 Å². The summed E-state index contributed by atoms with van der Waals surface area (Å²) in [6.07, 6.45) is 5.10. The minimum absolute atomic E-state index is 0.103. The van der Waals surface area contributed by atoms with E-state index in [4.69, 9.17) is 0 Å². The Balaban J connectivity index is 1.56. The van der Waals surface area contributed by atoms with E-state index in [0.717, 1.165) is 0 Å². The lowest BCUT2D eigenvalue weighted by molar-refractivity contribution is 0.375. The molecule has 0 amide bonds. The van der Waals surface area contributed by atoms with Gasteiger partial charge in [-0.1, -0.05) is 75.4 Å². The smallest absolute Gasteiger partial charge is 0.222 e. The van der Waals surface area contributed by atoms with Gasteiger partial charge in [0.1, 0.15) is 0 Å². The Morgan fingerprint density at radius 2 is 1.62 bits per heavy atom. The molecule has 0 bridgehead atoms. The van der Waals surface area contributed by atoms with Crippen LogP contribution in [0.3, 0.4) is 0 Å². The third-order valence-corrected chi connectivity index (χ3v) is 10.1. The zero-order valence-corrected chi connectivity index (χ0v) is 19.2. The highest BCUT2D eigenvalue weighted by Crippen LogP contribution is 2.69. The lowest BCUT2D eigenvalue weighted by atomic mass is 9.24. The van der Waals surface area contributed by atoms with Crippen molar-refractivity contribution in [3.05, 3.63) is 88.6 Å². The molecule has 2 unspecified atom stereocenters. The summed E-state index contributed by atoms with van der Waals surface area (Å²) in [7, 11) is 0. The van der Waals surface area contributed by atoms with E-state index in [0.29, 0.717) is 12.6 Å². The van der Waals surface area contributed by atoms with Crippen molar-refractivity contribution in [2.45, 2.75) is 63.1 Å². The third kappa shape index (κ3) is 1.67. The third-order valence-electron chi connectivity index (χ3n) is 10.1. The average molecular weight is 413 g/mol. The molecule has 156 valence electrons. The highest BCUT2D eigenvalue weighted by atomic mass is 15.0. The van der Waals surface area contributed by atoms with Crippen LogP contribution in [0.25, 0.3) is 16.6 Å². The second-order valence-corrected chi connectivity index (χ2v) is 11.4. The molecule has 3 aromatic carbocycles. The number of para-hydroxylation sites is 1. The minimum atomic E-state index is 0.103. The van der Waals surface area contributed by atoms with Gasteiger partial charge in [-0.05, 0) is 75.7 Å². The first-order valence-corrected chi connectivity index (χ1v) is 12.4. The predicted molar refractivity (Wildman–Crippen MR) is 135 cm³/mol. The molecule has 0 saturated carbocycles. The highest BCUT2D eigenvalue weighted by Gasteiger charge is 2.66. The fourth-order valence-electron chi connectivity index (χ4n) is 8.53. The number of rotatable bonds is 0. The number of hydrogen-bond donors (Lipinski definition) is 0. The molecule has 8 rings (SSSR count). The number of aryl methyl sites for hydroxylation is 1. The number of fused-ring (bicyclic) bond motifs is 10. The minimum Gasteiger partial charge on any atom is -0.314 e. The van der Waals surface area contributed by atoms with Gasteiger partial charge in [0.25, 0.3) is 0 Å². The number of hydrogen-bond acceptors (Lipinski definition) is 0. The molecule has 1 nitrogen and oxygen atoms in total. The van der Waals surface area contributed by atoms with Crippen LogP contribution in [0.4, 0.5) is 0 Å². The molecule has 4 aromatic rings. The predicted octanol–water partition coefficient (Wildman–Crippen LogP) is 5.63. The van der Waals surface area contributed by atoms with Gasteiger partial charge in [-0.15, -0.1) is 0 Å². The van der Waals surface area contributed by atoms with Gasteiger partial charge in [0.15, 0.2) is 0 Å². The fourth-order valence-corrected chi connectivity index (χ4v) is 8.53. The quantitative estimate of drug-likeness (QED) is 0.330. The number of benzene rings is 3.